The Balaban J connectivity index is 1.42. The van der Waals surface area contributed by atoms with Gasteiger partial charge in [0.15, 0.2) is 12.4 Å². The van der Waals surface area contributed by atoms with Crippen molar-refractivity contribution in [2.75, 3.05) is 19.7 Å². The summed E-state index contributed by atoms with van der Waals surface area (Å²) in [5, 5.41) is 30.9. The van der Waals surface area contributed by atoms with E-state index in [2.05, 4.69) is 41.8 Å². The number of aliphatic hydroxyl groups is 1. The minimum atomic E-state index is -1.49. The van der Waals surface area contributed by atoms with Gasteiger partial charge in [-0.3, -0.25) is 33.9 Å². The van der Waals surface area contributed by atoms with Gasteiger partial charge >= 0.3 is 0 Å². The standard InChI is InChI=1S/C37H47N9O8/c1-21-34(50)38-16-15-24-9-11-27(12-10-24)54-20-32(49)42-28(17-25-7-5-4-6-8-25)37(53)46-19-26(41-31(48)14-13-30-40-23(3)44-45-30)18-29(46)35(51)43-33(22(2)47)36(52)39-21/h4-12,21-22,26,28-29,33,47H,13-20H2,1-3H3,(H,38,50)(H,39,52)(H,41,48)(H,42,49)(H,43,51)(H,40,44,45)/t21-,22+,26-,28-,29-,33-/m0/s1. The average Bonchev–Trinajstić information content (AvgIpc) is 3.77. The Bertz CT molecular complexity index is 1800. The highest BCUT2D eigenvalue weighted by atomic mass is 16.5. The second-order valence-electron chi connectivity index (χ2n) is 13.6. The molecule has 3 aliphatic heterocycles. The molecule has 288 valence electrons. The van der Waals surface area contributed by atoms with Crippen LogP contribution in [0.15, 0.2) is 54.6 Å². The van der Waals surface area contributed by atoms with Crippen LogP contribution in [0.2, 0.25) is 0 Å². The Morgan fingerprint density at radius 1 is 1.00 bits per heavy atom. The smallest absolute Gasteiger partial charge is 0.258 e. The molecule has 6 atom stereocenters. The predicted octanol–water partition coefficient (Wildman–Crippen LogP) is -1.02. The van der Waals surface area contributed by atoms with E-state index in [-0.39, 0.29) is 44.7 Å². The van der Waals surface area contributed by atoms with E-state index < -0.39 is 72.5 Å². The number of hydrogen-bond donors (Lipinski definition) is 7. The van der Waals surface area contributed by atoms with Gasteiger partial charge in [-0.1, -0.05) is 42.5 Å². The van der Waals surface area contributed by atoms with E-state index in [0.717, 1.165) is 11.1 Å². The van der Waals surface area contributed by atoms with Crippen molar-refractivity contribution in [2.24, 2.45) is 0 Å². The monoisotopic (exact) mass is 745 g/mol. The molecule has 2 bridgehead atoms. The summed E-state index contributed by atoms with van der Waals surface area (Å²) in [5.41, 5.74) is 1.63. The topological polar surface area (TPSA) is 237 Å². The van der Waals surface area contributed by atoms with E-state index in [1.54, 1.807) is 55.5 Å². The van der Waals surface area contributed by atoms with Gasteiger partial charge < -0.3 is 41.3 Å². The Morgan fingerprint density at radius 3 is 2.43 bits per heavy atom. The van der Waals surface area contributed by atoms with Crippen LogP contribution in [0.25, 0.3) is 0 Å². The molecule has 17 heteroatoms. The van der Waals surface area contributed by atoms with Crippen molar-refractivity contribution >= 4 is 35.4 Å². The first-order valence-corrected chi connectivity index (χ1v) is 18.0. The number of aromatic amines is 1. The number of aliphatic hydroxyl groups excluding tert-OH is 1. The fourth-order valence-corrected chi connectivity index (χ4v) is 6.35. The maximum absolute atomic E-state index is 14.5. The molecule has 1 saturated heterocycles. The van der Waals surface area contributed by atoms with E-state index in [4.69, 9.17) is 4.74 Å². The number of H-pyrrole nitrogens is 1. The van der Waals surface area contributed by atoms with E-state index in [0.29, 0.717) is 23.8 Å². The van der Waals surface area contributed by atoms with E-state index in [1.807, 2.05) is 6.07 Å². The van der Waals surface area contributed by atoms with Crippen molar-refractivity contribution in [3.05, 3.63) is 77.4 Å². The summed E-state index contributed by atoms with van der Waals surface area (Å²) in [5.74, 6) is -2.09. The van der Waals surface area contributed by atoms with Gasteiger partial charge in [0.05, 0.1) is 6.10 Å². The lowest BCUT2D eigenvalue weighted by atomic mass is 10.0. The zero-order valence-corrected chi connectivity index (χ0v) is 30.5. The maximum atomic E-state index is 14.5. The van der Waals surface area contributed by atoms with Crippen LogP contribution in [-0.4, -0.2) is 117 Å². The normalized spacial score (nSPS) is 23.7. The first-order chi connectivity index (χ1) is 25.9. The maximum Gasteiger partial charge on any atom is 0.258 e. The molecule has 0 spiro atoms. The first-order valence-electron chi connectivity index (χ1n) is 18.0. The molecule has 54 heavy (non-hydrogen) atoms. The molecule has 0 aliphatic carbocycles. The van der Waals surface area contributed by atoms with Crippen molar-refractivity contribution in [3.63, 3.8) is 0 Å². The second-order valence-corrected chi connectivity index (χ2v) is 13.6. The molecule has 3 aliphatic rings. The molecule has 3 aromatic rings. The van der Waals surface area contributed by atoms with Gasteiger partial charge in [0.25, 0.3) is 5.91 Å². The summed E-state index contributed by atoms with van der Waals surface area (Å²) in [6.45, 7) is 4.32. The highest BCUT2D eigenvalue weighted by molar-refractivity contribution is 5.96. The van der Waals surface area contributed by atoms with Gasteiger partial charge in [0.1, 0.15) is 35.7 Å². The Hall–Kier alpha value is -5.84. The van der Waals surface area contributed by atoms with Gasteiger partial charge in [-0.2, -0.15) is 5.10 Å². The number of hydrogen-bond acceptors (Lipinski definition) is 10. The van der Waals surface area contributed by atoms with Gasteiger partial charge in [-0.05, 0) is 56.9 Å². The van der Waals surface area contributed by atoms with E-state index in [1.165, 1.54) is 18.7 Å². The lowest BCUT2D eigenvalue weighted by Gasteiger charge is -2.30. The number of benzene rings is 2. The fourth-order valence-electron chi connectivity index (χ4n) is 6.35. The number of carbonyl (C=O) groups is 6. The number of ether oxygens (including phenoxy) is 1. The summed E-state index contributed by atoms with van der Waals surface area (Å²) < 4.78 is 5.72. The minimum Gasteiger partial charge on any atom is -0.484 e. The van der Waals surface area contributed by atoms with Crippen LogP contribution in [0.4, 0.5) is 0 Å². The number of aryl methyl sites for hydroxylation is 2. The molecule has 2 aromatic carbocycles. The first kappa shape index (κ1) is 39.4. The molecule has 7 N–H and O–H groups in total. The highest BCUT2D eigenvalue weighted by Gasteiger charge is 2.44. The molecule has 0 unspecified atom stereocenters. The number of amides is 6. The molecule has 1 fully saturated rings. The zero-order chi connectivity index (χ0) is 38.8. The average molecular weight is 746 g/mol. The molecule has 4 heterocycles. The van der Waals surface area contributed by atoms with Crippen LogP contribution >= 0.6 is 0 Å². The third-order valence-electron chi connectivity index (χ3n) is 9.21. The lowest BCUT2D eigenvalue weighted by molar-refractivity contribution is -0.143. The van der Waals surface area contributed by atoms with Crippen molar-refractivity contribution in [3.8, 4) is 5.75 Å². The van der Waals surface area contributed by atoms with E-state index >= 15 is 0 Å². The van der Waals surface area contributed by atoms with Crippen LogP contribution in [0.5, 0.6) is 5.75 Å². The van der Waals surface area contributed by atoms with Crippen molar-refractivity contribution in [1.29, 1.82) is 0 Å². The van der Waals surface area contributed by atoms with E-state index in [9.17, 15) is 33.9 Å². The van der Waals surface area contributed by atoms with Crippen molar-refractivity contribution in [2.45, 2.75) is 89.2 Å². The van der Waals surface area contributed by atoms with Crippen LogP contribution in [0.1, 0.15) is 49.5 Å². The van der Waals surface area contributed by atoms with Gasteiger partial charge in [0, 0.05) is 38.4 Å². The minimum absolute atomic E-state index is 0.0266. The molecule has 6 rings (SSSR count). The number of fused-ring (bicyclic) bond motifs is 16. The van der Waals surface area contributed by atoms with Crippen molar-refractivity contribution < 1.29 is 38.6 Å². The number of nitrogens with one attached hydrogen (secondary N) is 6. The van der Waals surface area contributed by atoms with Gasteiger partial charge in [0.2, 0.25) is 29.5 Å². The summed E-state index contributed by atoms with van der Waals surface area (Å²) in [6.07, 6.45) is -0.553. The lowest BCUT2D eigenvalue weighted by Crippen LogP contribution is -2.60. The molecule has 0 radical (unpaired) electrons. The largest absolute Gasteiger partial charge is 0.484 e. The van der Waals surface area contributed by atoms with Crippen LogP contribution in [0, 0.1) is 6.92 Å². The number of aromatic nitrogens is 3. The molecule has 1 aromatic heterocycles. The summed E-state index contributed by atoms with van der Waals surface area (Å²) >= 11 is 0. The molecular weight excluding hydrogens is 698 g/mol. The molecule has 17 nitrogen and oxygen atoms in total. The van der Waals surface area contributed by atoms with Crippen LogP contribution in [0.3, 0.4) is 0 Å². The summed E-state index contributed by atoms with van der Waals surface area (Å²) in [6, 6.07) is 10.5. The Labute approximate surface area is 312 Å². The number of carbonyl (C=O) groups excluding carboxylic acids is 6. The third kappa shape index (κ3) is 10.8. The SMILES string of the molecule is Cc1nc(CCC(=O)N[C@H]2C[C@H]3C(=O)N[C@@H]([C@@H](C)O)C(=O)N[C@@H](C)C(=O)NCCc4ccc(cc4)OCC(=O)N[C@@H](Cc4ccccc4)C(=O)N3C2)n[nH]1. The molecular formula is C37H47N9O8. The number of nitrogens with zero attached hydrogens (tertiary/aromatic N) is 3. The fraction of sp³-hybridized carbons (Fsp3) is 0.459. The van der Waals surface area contributed by atoms with Gasteiger partial charge in [-0.15, -0.1) is 0 Å². The Kier molecular flexibility index (Phi) is 13.3. The quantitative estimate of drug-likeness (QED) is 0.145. The number of rotatable bonds is 7. The second kappa shape index (κ2) is 18.3. The molecule has 0 saturated carbocycles. The van der Waals surface area contributed by atoms with Crippen molar-refractivity contribution in [1.82, 2.24) is 46.7 Å². The van der Waals surface area contributed by atoms with Crippen LogP contribution < -0.4 is 31.3 Å². The Morgan fingerprint density at radius 2 is 1.74 bits per heavy atom. The third-order valence-corrected chi connectivity index (χ3v) is 9.21. The zero-order valence-electron chi connectivity index (χ0n) is 30.5. The molecule has 6 amide bonds. The predicted molar refractivity (Wildman–Crippen MR) is 193 cm³/mol. The summed E-state index contributed by atoms with van der Waals surface area (Å²) in [7, 11) is 0. The van der Waals surface area contributed by atoms with Gasteiger partial charge in [-0.25, -0.2) is 4.98 Å². The van der Waals surface area contributed by atoms with Crippen LogP contribution in [-0.2, 0) is 48.0 Å². The summed E-state index contributed by atoms with van der Waals surface area (Å²) in [4.78, 5) is 86.4. The highest BCUT2D eigenvalue weighted by Crippen LogP contribution is 2.22.